The van der Waals surface area contributed by atoms with Crippen molar-refractivity contribution >= 4 is 11.5 Å². The van der Waals surface area contributed by atoms with E-state index in [1.165, 1.54) is 24.9 Å². The van der Waals surface area contributed by atoms with Crippen molar-refractivity contribution in [2.75, 3.05) is 38.6 Å². The number of rotatable bonds is 4. The minimum atomic E-state index is 0.185. The van der Waals surface area contributed by atoms with Gasteiger partial charge in [-0.2, -0.15) is 0 Å². The smallest absolute Gasteiger partial charge is 0.176 e. The van der Waals surface area contributed by atoms with Crippen molar-refractivity contribution in [1.82, 2.24) is 4.90 Å². The number of piperidine rings is 1. The highest BCUT2D eigenvalue weighted by Crippen LogP contribution is 2.20. The van der Waals surface area contributed by atoms with E-state index in [0.717, 1.165) is 18.7 Å². The van der Waals surface area contributed by atoms with Gasteiger partial charge in [0.15, 0.2) is 5.78 Å². The highest BCUT2D eigenvalue weighted by Gasteiger charge is 2.12. The molecular formula is C15H22N2O. The zero-order valence-corrected chi connectivity index (χ0v) is 11.4. The van der Waals surface area contributed by atoms with Crippen LogP contribution in [0.3, 0.4) is 0 Å². The van der Waals surface area contributed by atoms with E-state index in [9.17, 15) is 4.79 Å². The molecule has 0 aromatic heterocycles. The van der Waals surface area contributed by atoms with Gasteiger partial charge >= 0.3 is 0 Å². The van der Waals surface area contributed by atoms with E-state index in [1.807, 2.05) is 31.1 Å². The highest BCUT2D eigenvalue weighted by atomic mass is 16.1. The van der Waals surface area contributed by atoms with Crippen molar-refractivity contribution < 1.29 is 4.79 Å². The fourth-order valence-electron chi connectivity index (χ4n) is 2.39. The van der Waals surface area contributed by atoms with Gasteiger partial charge < -0.3 is 9.80 Å². The van der Waals surface area contributed by atoms with Crippen molar-refractivity contribution in [3.8, 4) is 0 Å². The predicted molar refractivity (Wildman–Crippen MR) is 75.4 cm³/mol. The Morgan fingerprint density at radius 2 is 1.72 bits per heavy atom. The second kappa shape index (κ2) is 6.01. The summed E-state index contributed by atoms with van der Waals surface area (Å²) in [6.07, 6.45) is 3.90. The summed E-state index contributed by atoms with van der Waals surface area (Å²) >= 11 is 0. The number of anilines is 1. The Morgan fingerprint density at radius 1 is 1.11 bits per heavy atom. The number of carbonyl (C=O) groups excluding carboxylic acids is 1. The topological polar surface area (TPSA) is 23.6 Å². The predicted octanol–water partition coefficient (Wildman–Crippen LogP) is 2.42. The molecule has 0 amide bonds. The molecule has 1 aromatic carbocycles. The largest absolute Gasteiger partial charge is 0.372 e. The fourth-order valence-corrected chi connectivity index (χ4v) is 2.39. The van der Waals surface area contributed by atoms with E-state index >= 15 is 0 Å². The monoisotopic (exact) mass is 246 g/mol. The molecule has 0 unspecified atom stereocenters. The van der Waals surface area contributed by atoms with Crippen LogP contribution in [-0.2, 0) is 0 Å². The van der Waals surface area contributed by atoms with Crippen molar-refractivity contribution in [3.05, 3.63) is 29.8 Å². The Kier molecular flexibility index (Phi) is 4.37. The zero-order valence-electron chi connectivity index (χ0n) is 11.4. The average molecular weight is 246 g/mol. The molecule has 0 saturated carbocycles. The number of benzene rings is 1. The molecule has 1 saturated heterocycles. The van der Waals surface area contributed by atoms with Crippen LogP contribution in [0.15, 0.2) is 24.3 Å². The van der Waals surface area contributed by atoms with Gasteiger partial charge in [-0.3, -0.25) is 4.79 Å². The first kappa shape index (κ1) is 13.1. The van der Waals surface area contributed by atoms with Crippen molar-refractivity contribution in [2.24, 2.45) is 0 Å². The summed E-state index contributed by atoms with van der Waals surface area (Å²) in [5.74, 6) is 0.185. The number of nitrogens with zero attached hydrogens (tertiary/aromatic N) is 2. The molecule has 3 heteroatoms. The maximum Gasteiger partial charge on any atom is 0.176 e. The maximum atomic E-state index is 11.9. The van der Waals surface area contributed by atoms with Crippen molar-refractivity contribution in [3.63, 3.8) is 0 Å². The van der Waals surface area contributed by atoms with Gasteiger partial charge in [-0.25, -0.2) is 0 Å². The van der Waals surface area contributed by atoms with Crippen LogP contribution in [0.4, 0.5) is 5.69 Å². The summed E-state index contributed by atoms with van der Waals surface area (Å²) in [5.41, 5.74) is 2.06. The summed E-state index contributed by atoms with van der Waals surface area (Å²) in [6, 6.07) is 8.06. The van der Waals surface area contributed by atoms with E-state index in [2.05, 4.69) is 17.0 Å². The second-order valence-corrected chi connectivity index (χ2v) is 5.26. The van der Waals surface area contributed by atoms with Gasteiger partial charge in [-0.05, 0) is 57.6 Å². The van der Waals surface area contributed by atoms with E-state index in [-0.39, 0.29) is 5.78 Å². The molecule has 0 aliphatic carbocycles. The average Bonchev–Trinajstić information content (AvgIpc) is 2.39. The highest BCUT2D eigenvalue weighted by molar-refractivity contribution is 5.97. The summed E-state index contributed by atoms with van der Waals surface area (Å²) < 4.78 is 0. The van der Waals surface area contributed by atoms with E-state index in [4.69, 9.17) is 0 Å². The van der Waals surface area contributed by atoms with Crippen LogP contribution < -0.4 is 4.90 Å². The minimum Gasteiger partial charge on any atom is -0.372 e. The molecule has 3 nitrogen and oxygen atoms in total. The minimum absolute atomic E-state index is 0.185. The number of Topliss-reactive ketones (excluding diaryl/α,β-unsaturated/α-hetero) is 1. The fraction of sp³-hybridized carbons (Fsp3) is 0.533. The van der Waals surface area contributed by atoms with Gasteiger partial charge in [-0.1, -0.05) is 0 Å². The third-order valence-corrected chi connectivity index (χ3v) is 3.37. The summed E-state index contributed by atoms with van der Waals surface area (Å²) in [6.45, 7) is 2.76. The van der Waals surface area contributed by atoms with E-state index in [0.29, 0.717) is 6.54 Å². The SMILES string of the molecule is CN(C)CC(=O)c1ccc(N2CCCCC2)cc1. The number of likely N-dealkylation sites (N-methyl/N-ethyl adjacent to an activating group) is 1. The van der Waals surface area contributed by atoms with Crippen molar-refractivity contribution in [2.45, 2.75) is 19.3 Å². The first-order valence-electron chi connectivity index (χ1n) is 6.70. The Labute approximate surface area is 109 Å². The summed E-state index contributed by atoms with van der Waals surface area (Å²) in [4.78, 5) is 16.2. The van der Waals surface area contributed by atoms with E-state index in [1.54, 1.807) is 0 Å². The van der Waals surface area contributed by atoms with Crippen molar-refractivity contribution in [1.29, 1.82) is 0 Å². The molecule has 1 heterocycles. The van der Waals surface area contributed by atoms with Crippen LogP contribution in [0.5, 0.6) is 0 Å². The normalized spacial score (nSPS) is 16.1. The van der Waals surface area contributed by atoms with Crippen LogP contribution in [0.1, 0.15) is 29.6 Å². The van der Waals surface area contributed by atoms with Crippen LogP contribution >= 0.6 is 0 Å². The maximum absolute atomic E-state index is 11.9. The van der Waals surface area contributed by atoms with Gasteiger partial charge in [0, 0.05) is 24.3 Å². The van der Waals surface area contributed by atoms with Crippen LogP contribution in [0.2, 0.25) is 0 Å². The van der Waals surface area contributed by atoms with E-state index < -0.39 is 0 Å². The summed E-state index contributed by atoms with van der Waals surface area (Å²) in [5, 5.41) is 0. The lowest BCUT2D eigenvalue weighted by Crippen LogP contribution is -2.29. The van der Waals surface area contributed by atoms with Gasteiger partial charge in [0.2, 0.25) is 0 Å². The van der Waals surface area contributed by atoms with Gasteiger partial charge in [0.25, 0.3) is 0 Å². The van der Waals surface area contributed by atoms with Crippen LogP contribution in [0, 0.1) is 0 Å². The first-order valence-corrected chi connectivity index (χ1v) is 6.70. The molecule has 0 spiro atoms. The lowest BCUT2D eigenvalue weighted by atomic mass is 10.1. The number of hydrogen-bond donors (Lipinski definition) is 0. The lowest BCUT2D eigenvalue weighted by molar-refractivity contribution is 0.0958. The molecule has 0 bridgehead atoms. The Morgan fingerprint density at radius 3 is 2.28 bits per heavy atom. The molecule has 0 radical (unpaired) electrons. The molecule has 1 fully saturated rings. The molecule has 0 N–H and O–H groups in total. The molecule has 2 rings (SSSR count). The zero-order chi connectivity index (χ0) is 13.0. The number of ketones is 1. The molecule has 1 aliphatic heterocycles. The second-order valence-electron chi connectivity index (χ2n) is 5.26. The molecule has 1 aromatic rings. The first-order chi connectivity index (χ1) is 8.66. The Hall–Kier alpha value is -1.35. The standard InChI is InChI=1S/C15H22N2O/c1-16(2)12-15(18)13-6-8-14(9-7-13)17-10-4-3-5-11-17/h6-9H,3-5,10-12H2,1-2H3. The molecule has 18 heavy (non-hydrogen) atoms. The molecule has 0 atom stereocenters. The van der Waals surface area contributed by atoms with Crippen LogP contribution in [0.25, 0.3) is 0 Å². The quantitative estimate of drug-likeness (QED) is 0.762. The molecule has 1 aliphatic rings. The van der Waals surface area contributed by atoms with Crippen LogP contribution in [-0.4, -0.2) is 44.4 Å². The third kappa shape index (κ3) is 3.33. The Bertz CT molecular complexity index is 391. The van der Waals surface area contributed by atoms with Gasteiger partial charge in [-0.15, -0.1) is 0 Å². The summed E-state index contributed by atoms with van der Waals surface area (Å²) in [7, 11) is 3.83. The van der Waals surface area contributed by atoms with Gasteiger partial charge in [0.1, 0.15) is 0 Å². The molecular weight excluding hydrogens is 224 g/mol. The van der Waals surface area contributed by atoms with Gasteiger partial charge in [0.05, 0.1) is 6.54 Å². The third-order valence-electron chi connectivity index (χ3n) is 3.37. The Balaban J connectivity index is 2.02. The molecule has 98 valence electrons. The lowest BCUT2D eigenvalue weighted by Gasteiger charge is -2.28. The number of carbonyl (C=O) groups is 1. The number of hydrogen-bond acceptors (Lipinski definition) is 3.